The molecule has 0 radical (unpaired) electrons. The van der Waals surface area contributed by atoms with Gasteiger partial charge in [0.05, 0.1) is 26.9 Å². The first-order valence-corrected chi connectivity index (χ1v) is 10.8. The zero-order valence-electron chi connectivity index (χ0n) is 17.4. The van der Waals surface area contributed by atoms with E-state index in [1.54, 1.807) is 7.11 Å². The van der Waals surface area contributed by atoms with Gasteiger partial charge in [0, 0.05) is 5.54 Å². The number of ether oxygens (including phenoxy) is 2. The summed E-state index contributed by atoms with van der Waals surface area (Å²) in [6.07, 6.45) is 6.29. The van der Waals surface area contributed by atoms with Crippen LogP contribution in [-0.4, -0.2) is 31.0 Å². The molecule has 0 bridgehead atoms. The smallest absolute Gasteiger partial charge is 0.118 e. The van der Waals surface area contributed by atoms with Gasteiger partial charge in [0.2, 0.25) is 0 Å². The summed E-state index contributed by atoms with van der Waals surface area (Å²) in [5.41, 5.74) is 11.4. The minimum Gasteiger partial charge on any atom is -0.497 e. The Bertz CT molecular complexity index is 819. The van der Waals surface area contributed by atoms with Gasteiger partial charge in [-0.15, -0.1) is 0 Å². The number of aryl methyl sites for hydroxylation is 1. The molecule has 0 heterocycles. The molecule has 4 nitrogen and oxygen atoms in total. The number of aliphatic hydroxyl groups excluding tert-OH is 1. The lowest BCUT2D eigenvalue weighted by molar-refractivity contribution is 0.0823. The number of aliphatic hydroxyl groups is 1. The lowest BCUT2D eigenvalue weighted by Gasteiger charge is -2.26. The summed E-state index contributed by atoms with van der Waals surface area (Å²) in [5, 5.41) is 9.54. The van der Waals surface area contributed by atoms with E-state index in [-0.39, 0.29) is 12.1 Å². The molecule has 2 aromatic rings. The number of methoxy groups -OCH3 is 1. The highest BCUT2D eigenvalue weighted by atomic mass is 16.5. The predicted molar refractivity (Wildman–Crippen MR) is 115 cm³/mol. The molecule has 2 aliphatic rings. The monoisotopic (exact) mass is 395 g/mol. The van der Waals surface area contributed by atoms with Crippen LogP contribution in [0.5, 0.6) is 5.75 Å². The van der Waals surface area contributed by atoms with Crippen molar-refractivity contribution in [3.8, 4) is 5.75 Å². The summed E-state index contributed by atoms with van der Waals surface area (Å²) < 4.78 is 11.2. The van der Waals surface area contributed by atoms with E-state index in [2.05, 4.69) is 30.3 Å². The van der Waals surface area contributed by atoms with Crippen LogP contribution in [-0.2, 0) is 24.2 Å². The van der Waals surface area contributed by atoms with Crippen molar-refractivity contribution in [2.45, 2.75) is 56.6 Å². The molecule has 0 spiro atoms. The van der Waals surface area contributed by atoms with Crippen molar-refractivity contribution >= 4 is 0 Å². The van der Waals surface area contributed by atoms with Crippen LogP contribution in [0.2, 0.25) is 0 Å². The normalized spacial score (nSPS) is 26.3. The number of hydrogen-bond acceptors (Lipinski definition) is 4. The van der Waals surface area contributed by atoms with E-state index in [4.69, 9.17) is 15.2 Å². The van der Waals surface area contributed by atoms with Gasteiger partial charge in [-0.3, -0.25) is 0 Å². The van der Waals surface area contributed by atoms with Crippen molar-refractivity contribution in [1.29, 1.82) is 0 Å². The maximum atomic E-state index is 9.54. The van der Waals surface area contributed by atoms with E-state index in [1.165, 1.54) is 28.7 Å². The number of benzene rings is 2. The minimum atomic E-state index is -0.382. The maximum absolute atomic E-state index is 9.54. The summed E-state index contributed by atoms with van der Waals surface area (Å²) in [6, 6.07) is 15.1. The topological polar surface area (TPSA) is 64.7 Å². The number of fused-ring (bicyclic) bond motifs is 1. The first-order chi connectivity index (χ1) is 14.1. The second kappa shape index (κ2) is 8.86. The molecule has 29 heavy (non-hydrogen) atoms. The van der Waals surface area contributed by atoms with Gasteiger partial charge in [-0.05, 0) is 84.7 Å². The van der Waals surface area contributed by atoms with Gasteiger partial charge in [0.15, 0.2) is 0 Å². The molecule has 3 N–H and O–H groups in total. The van der Waals surface area contributed by atoms with Gasteiger partial charge >= 0.3 is 0 Å². The molecule has 0 aliphatic heterocycles. The molecule has 0 unspecified atom stereocenters. The minimum absolute atomic E-state index is 0.0899. The lowest BCUT2D eigenvalue weighted by Crippen LogP contribution is -2.40. The van der Waals surface area contributed by atoms with Crippen molar-refractivity contribution < 1.29 is 14.6 Å². The Morgan fingerprint density at radius 3 is 2.66 bits per heavy atom. The second-order valence-corrected chi connectivity index (χ2v) is 8.96. The molecule has 4 rings (SSSR count). The lowest BCUT2D eigenvalue weighted by atomic mass is 9.82. The molecule has 0 saturated heterocycles. The average molecular weight is 396 g/mol. The highest BCUT2D eigenvalue weighted by molar-refractivity contribution is 5.36. The molecule has 1 saturated carbocycles. The second-order valence-electron chi connectivity index (χ2n) is 8.96. The van der Waals surface area contributed by atoms with Crippen molar-refractivity contribution in [3.05, 3.63) is 64.7 Å². The van der Waals surface area contributed by atoms with Crippen LogP contribution in [0.1, 0.15) is 53.9 Å². The SMILES string of the molecule is COc1ccc(COC[C@H]2CCc3cc([C@H]4CC[C@](N)(CO)C4)ccc3C2)cc1. The van der Waals surface area contributed by atoms with Crippen molar-refractivity contribution in [1.82, 2.24) is 0 Å². The highest BCUT2D eigenvalue weighted by Gasteiger charge is 2.36. The Morgan fingerprint density at radius 2 is 1.93 bits per heavy atom. The molecule has 0 amide bonds. The van der Waals surface area contributed by atoms with Crippen molar-refractivity contribution in [2.24, 2.45) is 11.7 Å². The van der Waals surface area contributed by atoms with E-state index >= 15 is 0 Å². The summed E-state index contributed by atoms with van der Waals surface area (Å²) in [5.74, 6) is 1.95. The Hall–Kier alpha value is -1.88. The highest BCUT2D eigenvalue weighted by Crippen LogP contribution is 2.40. The van der Waals surface area contributed by atoms with Crippen LogP contribution >= 0.6 is 0 Å². The van der Waals surface area contributed by atoms with E-state index in [0.29, 0.717) is 18.4 Å². The molecule has 0 aromatic heterocycles. The van der Waals surface area contributed by atoms with E-state index in [9.17, 15) is 5.11 Å². The fourth-order valence-corrected chi connectivity index (χ4v) is 4.90. The molecular formula is C25H33NO3. The molecule has 2 aliphatic carbocycles. The largest absolute Gasteiger partial charge is 0.497 e. The molecule has 1 fully saturated rings. The van der Waals surface area contributed by atoms with Gasteiger partial charge in [-0.25, -0.2) is 0 Å². The standard InChI is InChI=1S/C25H33NO3/c1-28-24-8-3-18(4-9-24)15-29-16-19-2-5-21-13-22(7-6-20(21)12-19)23-10-11-25(26,14-23)17-27/h3-4,6-9,13,19,23,27H,2,5,10-12,14-17,26H2,1H3/t19-,23-,25+/m0/s1. The molecule has 3 atom stereocenters. The fraction of sp³-hybridized carbons (Fsp3) is 0.520. The van der Waals surface area contributed by atoms with E-state index in [0.717, 1.165) is 44.5 Å². The zero-order valence-corrected chi connectivity index (χ0v) is 17.4. The Kier molecular flexibility index (Phi) is 6.23. The van der Waals surface area contributed by atoms with Crippen LogP contribution < -0.4 is 10.5 Å². The first-order valence-electron chi connectivity index (χ1n) is 10.8. The van der Waals surface area contributed by atoms with Crippen LogP contribution in [0.4, 0.5) is 0 Å². The predicted octanol–water partition coefficient (Wildman–Crippen LogP) is 3.97. The maximum Gasteiger partial charge on any atom is 0.118 e. The number of nitrogens with two attached hydrogens (primary N) is 1. The number of rotatable bonds is 7. The van der Waals surface area contributed by atoms with Gasteiger partial charge < -0.3 is 20.3 Å². The average Bonchev–Trinajstić information content (AvgIpc) is 3.16. The van der Waals surface area contributed by atoms with Crippen molar-refractivity contribution in [2.75, 3.05) is 20.3 Å². The number of hydrogen-bond donors (Lipinski definition) is 2. The van der Waals surface area contributed by atoms with Crippen molar-refractivity contribution in [3.63, 3.8) is 0 Å². The quantitative estimate of drug-likeness (QED) is 0.744. The third kappa shape index (κ3) is 4.82. The molecule has 156 valence electrons. The van der Waals surface area contributed by atoms with E-state index in [1.807, 2.05) is 12.1 Å². The Balaban J connectivity index is 1.30. The fourth-order valence-electron chi connectivity index (χ4n) is 4.90. The van der Waals surface area contributed by atoms with Gasteiger partial charge in [-0.1, -0.05) is 30.3 Å². The third-order valence-corrected chi connectivity index (χ3v) is 6.77. The van der Waals surface area contributed by atoms with Crippen LogP contribution in [0.15, 0.2) is 42.5 Å². The zero-order chi connectivity index (χ0) is 20.3. The van der Waals surface area contributed by atoms with Crippen LogP contribution in [0.3, 0.4) is 0 Å². The Labute approximate surface area is 174 Å². The summed E-state index contributed by atoms with van der Waals surface area (Å²) in [4.78, 5) is 0. The summed E-state index contributed by atoms with van der Waals surface area (Å²) in [7, 11) is 1.68. The Morgan fingerprint density at radius 1 is 1.10 bits per heavy atom. The van der Waals surface area contributed by atoms with Gasteiger partial charge in [-0.2, -0.15) is 0 Å². The van der Waals surface area contributed by atoms with Gasteiger partial charge in [0.25, 0.3) is 0 Å². The summed E-state index contributed by atoms with van der Waals surface area (Å²) >= 11 is 0. The molecule has 2 aromatic carbocycles. The van der Waals surface area contributed by atoms with E-state index < -0.39 is 0 Å². The first kappa shape index (κ1) is 20.4. The van der Waals surface area contributed by atoms with Crippen LogP contribution in [0, 0.1) is 5.92 Å². The third-order valence-electron chi connectivity index (χ3n) is 6.77. The molecular weight excluding hydrogens is 362 g/mol. The van der Waals surface area contributed by atoms with Crippen LogP contribution in [0.25, 0.3) is 0 Å². The van der Waals surface area contributed by atoms with Gasteiger partial charge in [0.1, 0.15) is 5.75 Å². The summed E-state index contributed by atoms with van der Waals surface area (Å²) in [6.45, 7) is 1.55. The molecule has 4 heteroatoms.